The van der Waals surface area contributed by atoms with Gasteiger partial charge in [-0.15, -0.1) is 0 Å². The van der Waals surface area contributed by atoms with Crippen molar-refractivity contribution >= 4 is 60.3 Å². The lowest BCUT2D eigenvalue weighted by molar-refractivity contribution is 0.661. The highest BCUT2D eigenvalue weighted by Gasteiger charge is 2.38. The second kappa shape index (κ2) is 10.4. The third-order valence-corrected chi connectivity index (χ3v) is 10.9. The van der Waals surface area contributed by atoms with E-state index in [4.69, 9.17) is 4.42 Å². The van der Waals surface area contributed by atoms with Gasteiger partial charge in [-0.25, -0.2) is 0 Å². The molecule has 1 aliphatic rings. The summed E-state index contributed by atoms with van der Waals surface area (Å²) in [5, 5.41) is 6.07. The Morgan fingerprint density at radius 3 is 2.19 bits per heavy atom. The Labute approximate surface area is 281 Å². The molecule has 5 aromatic carbocycles. The first-order valence-corrected chi connectivity index (χ1v) is 17.4. The van der Waals surface area contributed by atoms with Crippen LogP contribution >= 0.6 is 0 Å². The molecule has 0 bridgehead atoms. The Hall–Kier alpha value is -5.28. The Morgan fingerprint density at radius 2 is 1.46 bits per heavy atom. The van der Waals surface area contributed by atoms with Crippen molar-refractivity contribution in [3.8, 4) is 16.8 Å². The van der Waals surface area contributed by atoms with Gasteiger partial charge in [0.05, 0.1) is 21.9 Å². The summed E-state index contributed by atoms with van der Waals surface area (Å²) in [5.41, 5.74) is 16.0. The number of benzene rings is 5. The molecule has 0 N–H and O–H groups in total. The number of furan rings is 1. The average molecular weight is 625 g/mol. The fraction of sp³-hybridized carbons (Fsp3) is 0.200. The third-order valence-electron chi connectivity index (χ3n) is 10.9. The Bertz CT molecular complexity index is 2670. The van der Waals surface area contributed by atoms with Crippen LogP contribution in [0.3, 0.4) is 0 Å². The van der Waals surface area contributed by atoms with Crippen molar-refractivity contribution in [3.63, 3.8) is 0 Å². The molecule has 3 heterocycles. The van der Waals surface area contributed by atoms with E-state index in [2.05, 4.69) is 160 Å². The van der Waals surface area contributed by atoms with Crippen LogP contribution in [-0.2, 0) is 11.8 Å². The van der Waals surface area contributed by atoms with E-state index in [-0.39, 0.29) is 5.41 Å². The highest BCUT2D eigenvalue weighted by Crippen LogP contribution is 2.53. The molecular weight excluding hydrogens is 585 g/mol. The molecule has 0 amide bonds. The minimum absolute atomic E-state index is 0.176. The van der Waals surface area contributed by atoms with Gasteiger partial charge in [0.15, 0.2) is 0 Å². The number of fused-ring (bicyclic) bond motifs is 11. The normalized spacial score (nSPS) is 14.4. The summed E-state index contributed by atoms with van der Waals surface area (Å²) in [7, 11) is 0. The number of hydrogen-bond donors (Lipinski definition) is 0. The molecule has 0 radical (unpaired) electrons. The second-order valence-corrected chi connectivity index (χ2v) is 13.9. The van der Waals surface area contributed by atoms with E-state index in [9.17, 15) is 0 Å². The summed E-state index contributed by atoms with van der Waals surface area (Å²) >= 11 is 0. The van der Waals surface area contributed by atoms with Crippen molar-refractivity contribution in [2.45, 2.75) is 59.8 Å². The standard InChI is InChI=1S/C45H40N2O/c1-7-15-28(16-8-2)47-39-22-21-31-30-19-13-14-20-42(30)48-44(31)43(39)35-24-34-33-23-32-27(4)38(9-3)46(29-17-11-10-12-18-29)40(32)25-36(33)45(5,6)37(34)26-41(35)47/h7,10-26H,8-9H2,1-6H3/b15-7-,28-16+. The molecule has 48 heavy (non-hydrogen) atoms. The molecule has 0 unspecified atom stereocenters. The maximum absolute atomic E-state index is 6.71. The summed E-state index contributed by atoms with van der Waals surface area (Å²) in [5.74, 6) is 0. The predicted octanol–water partition coefficient (Wildman–Crippen LogP) is 12.6. The lowest BCUT2D eigenvalue weighted by Crippen LogP contribution is -2.15. The first-order valence-electron chi connectivity index (χ1n) is 17.4. The summed E-state index contributed by atoms with van der Waals surface area (Å²) < 4.78 is 11.6. The molecule has 236 valence electrons. The van der Waals surface area contributed by atoms with E-state index in [0.29, 0.717) is 0 Å². The number of rotatable bonds is 5. The zero-order chi connectivity index (χ0) is 32.9. The smallest absolute Gasteiger partial charge is 0.145 e. The average Bonchev–Trinajstić information content (AvgIpc) is 3.78. The SMILES string of the molecule is C/C=C\C(=C/CC)n1c2cc3c(cc2c2c4oc5ccccc5c4ccc21)-c1cc2c(C)c(CC)n(-c4ccccc4)c2cc1C3(C)C. The first-order chi connectivity index (χ1) is 23.4. The number of para-hydroxylation sites is 2. The molecule has 9 rings (SSSR count). The fourth-order valence-electron chi connectivity index (χ4n) is 8.68. The topological polar surface area (TPSA) is 23.0 Å². The largest absolute Gasteiger partial charge is 0.455 e. The van der Waals surface area contributed by atoms with Gasteiger partial charge in [-0.1, -0.05) is 76.2 Å². The van der Waals surface area contributed by atoms with Crippen LogP contribution in [0.15, 0.2) is 114 Å². The van der Waals surface area contributed by atoms with Crippen LogP contribution in [0.1, 0.15) is 63.4 Å². The number of aromatic nitrogens is 2. The number of aryl methyl sites for hydroxylation is 1. The van der Waals surface area contributed by atoms with Crippen LogP contribution in [0.2, 0.25) is 0 Å². The molecule has 0 spiro atoms. The predicted molar refractivity (Wildman–Crippen MR) is 205 cm³/mol. The quantitative estimate of drug-likeness (QED) is 0.175. The monoisotopic (exact) mass is 624 g/mol. The van der Waals surface area contributed by atoms with Gasteiger partial charge < -0.3 is 13.6 Å². The minimum Gasteiger partial charge on any atom is -0.455 e. The molecule has 0 fully saturated rings. The zero-order valence-corrected chi connectivity index (χ0v) is 28.6. The summed E-state index contributed by atoms with van der Waals surface area (Å²) in [6.07, 6.45) is 8.64. The molecule has 0 saturated carbocycles. The van der Waals surface area contributed by atoms with E-state index in [1.807, 2.05) is 0 Å². The van der Waals surface area contributed by atoms with Crippen molar-refractivity contribution in [3.05, 3.63) is 132 Å². The molecule has 0 saturated heterocycles. The fourth-order valence-corrected chi connectivity index (χ4v) is 8.68. The van der Waals surface area contributed by atoms with Gasteiger partial charge in [0, 0.05) is 44.0 Å². The molecule has 3 heteroatoms. The Balaban J connectivity index is 1.41. The van der Waals surface area contributed by atoms with Crippen molar-refractivity contribution < 1.29 is 4.42 Å². The molecule has 0 atom stereocenters. The third kappa shape index (κ3) is 3.76. The van der Waals surface area contributed by atoms with Gasteiger partial charge in [-0.3, -0.25) is 0 Å². The Kier molecular flexibility index (Phi) is 6.24. The second-order valence-electron chi connectivity index (χ2n) is 13.9. The Morgan fingerprint density at radius 1 is 0.750 bits per heavy atom. The molecule has 3 aromatic heterocycles. The van der Waals surface area contributed by atoms with E-state index in [0.717, 1.165) is 34.8 Å². The molecular formula is C45H40N2O. The zero-order valence-electron chi connectivity index (χ0n) is 28.6. The van der Waals surface area contributed by atoms with Crippen molar-refractivity contribution in [1.29, 1.82) is 0 Å². The van der Waals surface area contributed by atoms with Crippen LogP contribution in [0.5, 0.6) is 0 Å². The summed E-state index contributed by atoms with van der Waals surface area (Å²) in [6.45, 7) is 13.7. The highest BCUT2D eigenvalue weighted by atomic mass is 16.3. The molecule has 1 aliphatic carbocycles. The molecule has 0 aliphatic heterocycles. The van der Waals surface area contributed by atoms with E-state index in [1.54, 1.807) is 0 Å². The van der Waals surface area contributed by atoms with Crippen LogP contribution < -0.4 is 0 Å². The number of allylic oxidation sites excluding steroid dienone is 4. The van der Waals surface area contributed by atoms with Crippen molar-refractivity contribution in [2.24, 2.45) is 0 Å². The van der Waals surface area contributed by atoms with Crippen LogP contribution in [0.25, 0.3) is 77.2 Å². The maximum atomic E-state index is 6.71. The van der Waals surface area contributed by atoms with E-state index >= 15 is 0 Å². The number of hydrogen-bond acceptors (Lipinski definition) is 1. The van der Waals surface area contributed by atoms with Crippen LogP contribution in [0.4, 0.5) is 0 Å². The number of nitrogens with zero attached hydrogens (tertiary/aromatic N) is 2. The van der Waals surface area contributed by atoms with E-state index < -0.39 is 0 Å². The lowest BCUT2D eigenvalue weighted by atomic mass is 9.82. The van der Waals surface area contributed by atoms with Crippen molar-refractivity contribution in [1.82, 2.24) is 9.13 Å². The highest BCUT2D eigenvalue weighted by molar-refractivity contribution is 6.25. The summed E-state index contributed by atoms with van der Waals surface area (Å²) in [6, 6.07) is 33.7. The van der Waals surface area contributed by atoms with Crippen LogP contribution in [-0.4, -0.2) is 9.13 Å². The van der Waals surface area contributed by atoms with E-state index in [1.165, 1.54) is 77.6 Å². The van der Waals surface area contributed by atoms with Crippen molar-refractivity contribution in [2.75, 3.05) is 0 Å². The molecule has 3 nitrogen and oxygen atoms in total. The summed E-state index contributed by atoms with van der Waals surface area (Å²) in [4.78, 5) is 0. The lowest BCUT2D eigenvalue weighted by Gasteiger charge is -2.22. The maximum Gasteiger partial charge on any atom is 0.145 e. The van der Waals surface area contributed by atoms with Gasteiger partial charge >= 0.3 is 0 Å². The first kappa shape index (κ1) is 28.9. The van der Waals surface area contributed by atoms with Gasteiger partial charge in [0.1, 0.15) is 11.2 Å². The molecule has 8 aromatic rings. The van der Waals surface area contributed by atoms with Gasteiger partial charge in [-0.2, -0.15) is 0 Å². The van der Waals surface area contributed by atoms with Crippen LogP contribution in [0, 0.1) is 6.92 Å². The van der Waals surface area contributed by atoms with Gasteiger partial charge in [0.2, 0.25) is 0 Å². The minimum atomic E-state index is -0.176. The van der Waals surface area contributed by atoms with Gasteiger partial charge in [0.25, 0.3) is 0 Å². The van der Waals surface area contributed by atoms with Gasteiger partial charge in [-0.05, 0) is 115 Å².